The van der Waals surface area contributed by atoms with Crippen LogP contribution in [0, 0.1) is 6.92 Å². The van der Waals surface area contributed by atoms with Gasteiger partial charge in [0.1, 0.15) is 12.7 Å². The summed E-state index contributed by atoms with van der Waals surface area (Å²) in [7, 11) is -2.45. The van der Waals surface area contributed by atoms with Gasteiger partial charge in [-0.3, -0.25) is 0 Å². The van der Waals surface area contributed by atoms with E-state index in [0.29, 0.717) is 17.7 Å². The molecule has 0 aliphatic rings. The number of nitrogens with zero attached hydrogens (tertiary/aromatic N) is 3. The molecular formula is C19H20N4O4S. The van der Waals surface area contributed by atoms with Gasteiger partial charge in [0.2, 0.25) is 10.0 Å². The third kappa shape index (κ3) is 4.62. The monoisotopic (exact) mass is 400 g/mol. The summed E-state index contributed by atoms with van der Waals surface area (Å²) in [5.41, 5.74) is 2.58. The van der Waals surface area contributed by atoms with E-state index in [2.05, 4.69) is 19.5 Å². The lowest BCUT2D eigenvalue weighted by Gasteiger charge is -2.11. The van der Waals surface area contributed by atoms with E-state index in [1.54, 1.807) is 17.9 Å². The molecule has 0 amide bonds. The Balaban J connectivity index is 1.72. The van der Waals surface area contributed by atoms with E-state index in [9.17, 15) is 13.2 Å². The summed E-state index contributed by atoms with van der Waals surface area (Å²) in [5.74, 6) is -0.510. The molecule has 8 nitrogen and oxygen atoms in total. The second-order valence-corrected chi connectivity index (χ2v) is 7.94. The van der Waals surface area contributed by atoms with Gasteiger partial charge in [-0.25, -0.2) is 27.6 Å². The Morgan fingerprint density at radius 2 is 1.96 bits per heavy atom. The average Bonchev–Trinajstić information content (AvgIpc) is 3.19. The summed E-state index contributed by atoms with van der Waals surface area (Å²) >= 11 is 0. The highest BCUT2D eigenvalue weighted by Gasteiger charge is 2.18. The van der Waals surface area contributed by atoms with Gasteiger partial charge in [0.25, 0.3) is 0 Å². The van der Waals surface area contributed by atoms with Crippen LogP contribution in [0.25, 0.3) is 0 Å². The molecule has 0 aliphatic heterocycles. The molecule has 2 aromatic carbocycles. The molecule has 28 heavy (non-hydrogen) atoms. The van der Waals surface area contributed by atoms with Gasteiger partial charge >= 0.3 is 5.97 Å². The highest BCUT2D eigenvalue weighted by atomic mass is 32.2. The molecule has 0 radical (unpaired) electrons. The fourth-order valence-corrected chi connectivity index (χ4v) is 4.03. The van der Waals surface area contributed by atoms with Crippen molar-refractivity contribution < 1.29 is 17.9 Å². The van der Waals surface area contributed by atoms with E-state index in [1.165, 1.54) is 31.6 Å². The molecule has 9 heteroatoms. The number of benzene rings is 2. The Bertz CT molecular complexity index is 1080. The number of carbonyl (C=O) groups excluding carboxylic acids is 1. The highest BCUT2D eigenvalue weighted by molar-refractivity contribution is 7.89. The van der Waals surface area contributed by atoms with Crippen LogP contribution in [-0.4, -0.2) is 36.3 Å². The third-order valence-corrected chi connectivity index (χ3v) is 5.72. The molecule has 1 N–H and O–H groups in total. The standard InChI is InChI=1S/C19H20N4O4S/c1-14-8-17(19(24)27-2)6-7-18(14)28(25,26)22-10-15-4-3-5-16(9-15)11-23-13-20-12-21-23/h3-9,12-13,22H,10-11H2,1-2H3. The Labute approximate surface area is 163 Å². The summed E-state index contributed by atoms with van der Waals surface area (Å²) in [5, 5.41) is 4.06. The van der Waals surface area contributed by atoms with Crippen molar-refractivity contribution in [3.05, 3.63) is 77.4 Å². The first-order chi connectivity index (χ1) is 13.4. The number of sulfonamides is 1. The molecule has 1 aromatic heterocycles. The second-order valence-electron chi connectivity index (χ2n) is 6.21. The molecule has 0 saturated carbocycles. The number of rotatable bonds is 7. The van der Waals surface area contributed by atoms with Gasteiger partial charge in [0, 0.05) is 6.54 Å². The largest absolute Gasteiger partial charge is 0.465 e. The van der Waals surface area contributed by atoms with E-state index < -0.39 is 16.0 Å². The van der Waals surface area contributed by atoms with E-state index >= 15 is 0 Å². The lowest BCUT2D eigenvalue weighted by molar-refractivity contribution is 0.0600. The smallest absolute Gasteiger partial charge is 0.337 e. The van der Waals surface area contributed by atoms with Crippen molar-refractivity contribution in [1.29, 1.82) is 0 Å². The number of aryl methyl sites for hydroxylation is 1. The molecular weight excluding hydrogens is 380 g/mol. The van der Waals surface area contributed by atoms with Crippen molar-refractivity contribution in [2.75, 3.05) is 7.11 Å². The first kappa shape index (κ1) is 19.7. The molecule has 0 bridgehead atoms. The summed E-state index contributed by atoms with van der Waals surface area (Å²) in [6, 6.07) is 11.9. The highest BCUT2D eigenvalue weighted by Crippen LogP contribution is 2.18. The van der Waals surface area contributed by atoms with Crippen LogP contribution in [0.4, 0.5) is 0 Å². The Morgan fingerprint density at radius 1 is 1.18 bits per heavy atom. The fraction of sp³-hybridized carbons (Fsp3) is 0.211. The van der Waals surface area contributed by atoms with Gasteiger partial charge in [0.15, 0.2) is 0 Å². The van der Waals surface area contributed by atoms with Crippen LogP contribution in [0.5, 0.6) is 0 Å². The Morgan fingerprint density at radius 3 is 2.64 bits per heavy atom. The number of ether oxygens (including phenoxy) is 1. The van der Waals surface area contributed by atoms with Gasteiger partial charge < -0.3 is 4.74 Å². The van der Waals surface area contributed by atoms with Crippen molar-refractivity contribution in [3.8, 4) is 0 Å². The second kappa shape index (κ2) is 8.32. The van der Waals surface area contributed by atoms with Crippen molar-refractivity contribution in [3.63, 3.8) is 0 Å². The van der Waals surface area contributed by atoms with Crippen LogP contribution in [0.3, 0.4) is 0 Å². The quantitative estimate of drug-likeness (QED) is 0.608. The van der Waals surface area contributed by atoms with Crippen LogP contribution in [0.1, 0.15) is 27.0 Å². The molecule has 1 heterocycles. The zero-order chi connectivity index (χ0) is 20.1. The average molecular weight is 400 g/mol. The number of hydrogen-bond acceptors (Lipinski definition) is 6. The summed E-state index contributed by atoms with van der Waals surface area (Å²) in [6.45, 7) is 2.33. The first-order valence-corrected chi connectivity index (χ1v) is 9.96. The maximum atomic E-state index is 12.7. The van der Waals surface area contributed by atoms with Crippen molar-refractivity contribution in [1.82, 2.24) is 19.5 Å². The summed E-state index contributed by atoms with van der Waals surface area (Å²) < 4.78 is 34.3. The molecule has 0 aliphatic carbocycles. The van der Waals surface area contributed by atoms with Gasteiger partial charge in [-0.1, -0.05) is 24.3 Å². The predicted molar refractivity (Wildman–Crippen MR) is 102 cm³/mol. The fourth-order valence-electron chi connectivity index (χ4n) is 2.79. The summed E-state index contributed by atoms with van der Waals surface area (Å²) in [6.07, 6.45) is 3.09. The van der Waals surface area contributed by atoms with Crippen molar-refractivity contribution >= 4 is 16.0 Å². The van der Waals surface area contributed by atoms with Crippen molar-refractivity contribution in [2.24, 2.45) is 0 Å². The molecule has 146 valence electrons. The van der Waals surface area contributed by atoms with E-state index in [1.807, 2.05) is 24.3 Å². The minimum atomic E-state index is -3.73. The van der Waals surface area contributed by atoms with E-state index in [0.717, 1.165) is 11.1 Å². The van der Waals surface area contributed by atoms with Gasteiger partial charge in [0.05, 0.1) is 24.1 Å². The van der Waals surface area contributed by atoms with E-state index in [4.69, 9.17) is 0 Å². The molecule has 0 unspecified atom stereocenters. The number of nitrogens with one attached hydrogen (secondary N) is 1. The number of esters is 1. The van der Waals surface area contributed by atoms with E-state index in [-0.39, 0.29) is 11.4 Å². The maximum absolute atomic E-state index is 12.7. The molecule has 3 aromatic rings. The predicted octanol–water partition coefficient (Wildman–Crippen LogP) is 1.90. The minimum Gasteiger partial charge on any atom is -0.465 e. The van der Waals surface area contributed by atoms with Crippen LogP contribution < -0.4 is 4.72 Å². The third-order valence-electron chi connectivity index (χ3n) is 4.15. The number of hydrogen-bond donors (Lipinski definition) is 1. The molecule has 3 rings (SSSR count). The van der Waals surface area contributed by atoms with Gasteiger partial charge in [-0.05, 0) is 41.8 Å². The van der Waals surface area contributed by atoms with Crippen LogP contribution in [0.2, 0.25) is 0 Å². The van der Waals surface area contributed by atoms with Crippen LogP contribution in [-0.2, 0) is 27.8 Å². The zero-order valence-electron chi connectivity index (χ0n) is 15.5. The Kier molecular flexibility index (Phi) is 5.86. The topological polar surface area (TPSA) is 103 Å². The molecule has 0 atom stereocenters. The van der Waals surface area contributed by atoms with Crippen LogP contribution >= 0.6 is 0 Å². The molecule has 0 spiro atoms. The number of methoxy groups -OCH3 is 1. The Hall–Kier alpha value is -3.04. The number of aromatic nitrogens is 3. The molecule has 0 fully saturated rings. The lowest BCUT2D eigenvalue weighted by Crippen LogP contribution is -2.24. The maximum Gasteiger partial charge on any atom is 0.337 e. The normalized spacial score (nSPS) is 11.4. The number of carbonyl (C=O) groups is 1. The molecule has 0 saturated heterocycles. The van der Waals surface area contributed by atoms with Crippen molar-refractivity contribution in [2.45, 2.75) is 24.9 Å². The minimum absolute atomic E-state index is 0.124. The summed E-state index contributed by atoms with van der Waals surface area (Å²) in [4.78, 5) is 15.6. The van der Waals surface area contributed by atoms with Crippen LogP contribution in [0.15, 0.2) is 60.0 Å². The lowest BCUT2D eigenvalue weighted by atomic mass is 10.1. The van der Waals surface area contributed by atoms with Gasteiger partial charge in [-0.2, -0.15) is 5.10 Å². The van der Waals surface area contributed by atoms with Gasteiger partial charge in [-0.15, -0.1) is 0 Å². The first-order valence-electron chi connectivity index (χ1n) is 8.48. The zero-order valence-corrected chi connectivity index (χ0v) is 16.3. The SMILES string of the molecule is COC(=O)c1ccc(S(=O)(=O)NCc2cccc(Cn3cncn3)c2)c(C)c1.